The Kier molecular flexibility index (Phi) is 6.53. The van der Waals surface area contributed by atoms with Crippen LogP contribution in [0, 0.1) is 0 Å². The van der Waals surface area contributed by atoms with Gasteiger partial charge in [0.25, 0.3) is 11.8 Å². The van der Waals surface area contributed by atoms with Crippen molar-refractivity contribution in [1.82, 2.24) is 5.32 Å². The number of rotatable bonds is 5. The first-order valence-corrected chi connectivity index (χ1v) is 11.1. The van der Waals surface area contributed by atoms with Crippen molar-refractivity contribution in [3.05, 3.63) is 98.4 Å². The van der Waals surface area contributed by atoms with E-state index < -0.39 is 17.8 Å². The highest BCUT2D eigenvalue weighted by atomic mass is 79.9. The van der Waals surface area contributed by atoms with E-state index in [1.807, 2.05) is 24.3 Å². The summed E-state index contributed by atoms with van der Waals surface area (Å²) >= 11 is 6.88. The number of amides is 4. The van der Waals surface area contributed by atoms with Crippen molar-refractivity contribution < 1.29 is 19.1 Å². The van der Waals surface area contributed by atoms with Gasteiger partial charge in [0, 0.05) is 4.47 Å². The van der Waals surface area contributed by atoms with Crippen LogP contribution in [0.5, 0.6) is 5.75 Å². The average molecular weight is 556 g/mol. The van der Waals surface area contributed by atoms with Crippen molar-refractivity contribution in [1.29, 1.82) is 0 Å². The number of benzene rings is 3. The minimum atomic E-state index is -0.777. The Hall–Kier alpha value is -3.23. The van der Waals surface area contributed by atoms with Gasteiger partial charge in [0.2, 0.25) is 0 Å². The fraction of sp³-hybridized carbons (Fsp3) is 0.0417. The van der Waals surface area contributed by atoms with Crippen LogP contribution in [-0.2, 0) is 16.2 Å². The lowest BCUT2D eigenvalue weighted by Gasteiger charge is -2.26. The fourth-order valence-corrected chi connectivity index (χ4v) is 3.88. The Bertz CT molecular complexity index is 1220. The van der Waals surface area contributed by atoms with Crippen LogP contribution in [0.3, 0.4) is 0 Å². The molecule has 0 aliphatic carbocycles. The highest BCUT2D eigenvalue weighted by Gasteiger charge is 2.36. The molecule has 3 aromatic carbocycles. The third-order valence-corrected chi connectivity index (χ3v) is 5.84. The molecule has 4 rings (SSSR count). The first kappa shape index (κ1) is 22.0. The smallest absolute Gasteiger partial charge is 0.335 e. The molecule has 1 heterocycles. The maximum Gasteiger partial charge on any atom is 0.335 e. The molecule has 0 saturated carbocycles. The normalized spacial score (nSPS) is 15.1. The molecule has 0 atom stereocenters. The topological polar surface area (TPSA) is 75.7 Å². The van der Waals surface area contributed by atoms with E-state index in [4.69, 9.17) is 4.74 Å². The van der Waals surface area contributed by atoms with Crippen LogP contribution in [0.15, 0.2) is 87.3 Å². The van der Waals surface area contributed by atoms with E-state index in [0.29, 0.717) is 28.1 Å². The molecule has 0 spiro atoms. The molecule has 160 valence electrons. The first-order valence-electron chi connectivity index (χ1n) is 9.55. The average Bonchev–Trinajstić information content (AvgIpc) is 2.78. The zero-order valence-corrected chi connectivity index (χ0v) is 19.7. The summed E-state index contributed by atoms with van der Waals surface area (Å²) in [6, 6.07) is 20.7. The van der Waals surface area contributed by atoms with E-state index in [-0.39, 0.29) is 5.57 Å². The van der Waals surface area contributed by atoms with Crippen LogP contribution in [0.2, 0.25) is 0 Å². The molecular formula is C24H16Br2N2O4. The number of imide groups is 2. The van der Waals surface area contributed by atoms with Gasteiger partial charge in [-0.05, 0) is 69.5 Å². The number of carbonyl (C=O) groups excluding carboxylic acids is 3. The highest BCUT2D eigenvalue weighted by Crippen LogP contribution is 2.29. The van der Waals surface area contributed by atoms with Gasteiger partial charge in [0.15, 0.2) is 0 Å². The predicted octanol–water partition coefficient (Wildman–Crippen LogP) is 5.46. The van der Waals surface area contributed by atoms with Gasteiger partial charge in [0.05, 0.1) is 10.2 Å². The predicted molar refractivity (Wildman–Crippen MR) is 128 cm³/mol. The molecule has 6 nitrogen and oxygen atoms in total. The third kappa shape index (κ3) is 4.81. The summed E-state index contributed by atoms with van der Waals surface area (Å²) in [5.74, 6) is -0.800. The number of barbiturate groups is 1. The van der Waals surface area contributed by atoms with E-state index in [9.17, 15) is 14.4 Å². The number of nitrogens with one attached hydrogen (secondary N) is 1. The highest BCUT2D eigenvalue weighted by molar-refractivity contribution is 9.10. The van der Waals surface area contributed by atoms with E-state index in [1.54, 1.807) is 48.5 Å². The Morgan fingerprint density at radius 1 is 0.906 bits per heavy atom. The molecule has 32 heavy (non-hydrogen) atoms. The number of hydrogen-bond acceptors (Lipinski definition) is 4. The van der Waals surface area contributed by atoms with Crippen LogP contribution in [0.25, 0.3) is 6.08 Å². The summed E-state index contributed by atoms with van der Waals surface area (Å²) in [5.41, 5.74) is 1.87. The quantitative estimate of drug-likeness (QED) is 0.335. The molecule has 0 radical (unpaired) electrons. The Balaban J connectivity index is 1.55. The van der Waals surface area contributed by atoms with Crippen molar-refractivity contribution in [2.75, 3.05) is 4.90 Å². The Labute approximate surface area is 201 Å². The van der Waals surface area contributed by atoms with Crippen molar-refractivity contribution >= 4 is 61.5 Å². The monoisotopic (exact) mass is 554 g/mol. The molecule has 1 N–H and O–H groups in total. The van der Waals surface area contributed by atoms with Gasteiger partial charge in [0.1, 0.15) is 17.9 Å². The maximum absolute atomic E-state index is 12.9. The van der Waals surface area contributed by atoms with Crippen molar-refractivity contribution in [3.63, 3.8) is 0 Å². The minimum Gasteiger partial charge on any atom is -0.488 e. The summed E-state index contributed by atoms with van der Waals surface area (Å²) in [7, 11) is 0. The third-order valence-electron chi connectivity index (χ3n) is 4.69. The van der Waals surface area contributed by atoms with Crippen molar-refractivity contribution in [3.8, 4) is 5.75 Å². The van der Waals surface area contributed by atoms with Gasteiger partial charge in [-0.15, -0.1) is 0 Å². The van der Waals surface area contributed by atoms with Gasteiger partial charge in [-0.25, -0.2) is 9.69 Å². The molecule has 0 unspecified atom stereocenters. The molecule has 1 aliphatic rings. The zero-order valence-electron chi connectivity index (χ0n) is 16.5. The van der Waals surface area contributed by atoms with E-state index >= 15 is 0 Å². The number of urea groups is 1. The number of anilines is 1. The summed E-state index contributed by atoms with van der Waals surface area (Å²) in [6.45, 7) is 0.390. The molecule has 1 fully saturated rings. The Morgan fingerprint density at radius 3 is 2.31 bits per heavy atom. The van der Waals surface area contributed by atoms with Gasteiger partial charge in [-0.2, -0.15) is 0 Å². The number of carbonyl (C=O) groups is 3. The lowest BCUT2D eigenvalue weighted by atomic mass is 10.1. The summed E-state index contributed by atoms with van der Waals surface area (Å²) in [4.78, 5) is 38.4. The van der Waals surface area contributed by atoms with Crippen LogP contribution in [-0.4, -0.2) is 17.8 Å². The summed E-state index contributed by atoms with van der Waals surface area (Å²) in [5, 5.41) is 2.22. The molecule has 0 aromatic heterocycles. The molecule has 1 saturated heterocycles. The van der Waals surface area contributed by atoms with E-state index in [0.717, 1.165) is 14.9 Å². The fourth-order valence-electron chi connectivity index (χ4n) is 3.10. The lowest BCUT2D eigenvalue weighted by molar-refractivity contribution is -0.122. The van der Waals surface area contributed by atoms with E-state index in [1.165, 1.54) is 6.08 Å². The van der Waals surface area contributed by atoms with Crippen LogP contribution < -0.4 is 15.0 Å². The minimum absolute atomic E-state index is 0.135. The van der Waals surface area contributed by atoms with Gasteiger partial charge in [-0.1, -0.05) is 52.3 Å². The van der Waals surface area contributed by atoms with Crippen LogP contribution in [0.1, 0.15) is 11.1 Å². The van der Waals surface area contributed by atoms with Crippen LogP contribution in [0.4, 0.5) is 10.5 Å². The second-order valence-corrected chi connectivity index (χ2v) is 8.67. The maximum atomic E-state index is 12.9. The van der Waals surface area contributed by atoms with Crippen molar-refractivity contribution in [2.45, 2.75) is 6.61 Å². The van der Waals surface area contributed by atoms with Crippen molar-refractivity contribution in [2.24, 2.45) is 0 Å². The number of nitrogens with zero attached hydrogens (tertiary/aromatic N) is 1. The molecule has 3 aromatic rings. The number of para-hydroxylation sites is 1. The second kappa shape index (κ2) is 9.50. The van der Waals surface area contributed by atoms with Gasteiger partial charge >= 0.3 is 6.03 Å². The largest absolute Gasteiger partial charge is 0.488 e. The van der Waals surface area contributed by atoms with Gasteiger partial charge < -0.3 is 4.74 Å². The van der Waals surface area contributed by atoms with E-state index in [2.05, 4.69) is 37.2 Å². The molecule has 8 heteroatoms. The number of ether oxygens (including phenoxy) is 1. The molecule has 0 bridgehead atoms. The number of hydrogen-bond donors (Lipinski definition) is 1. The molecular weight excluding hydrogens is 540 g/mol. The number of halogens is 2. The SMILES string of the molecule is O=C1NC(=O)N(c2ccccc2)C(=O)/C1=C\c1ccc(OCc2ccc(Br)cc2)c(Br)c1. The summed E-state index contributed by atoms with van der Waals surface area (Å²) < 4.78 is 7.52. The standard InChI is InChI=1S/C24H16Br2N2O4/c25-17-9-6-15(7-10-17)14-32-21-11-8-16(13-20(21)26)12-19-22(29)27-24(31)28(23(19)30)18-4-2-1-3-5-18/h1-13H,14H2,(H,27,29,31)/b19-12-. The molecule has 1 aliphatic heterocycles. The molecule has 4 amide bonds. The van der Waals surface area contributed by atoms with Gasteiger partial charge in [-0.3, -0.25) is 14.9 Å². The summed E-state index contributed by atoms with van der Waals surface area (Å²) in [6.07, 6.45) is 1.45. The zero-order chi connectivity index (χ0) is 22.7. The Morgan fingerprint density at radius 2 is 1.62 bits per heavy atom. The van der Waals surface area contributed by atoms with Crippen LogP contribution >= 0.6 is 31.9 Å². The first-order chi connectivity index (χ1) is 15.4. The second-order valence-electron chi connectivity index (χ2n) is 6.90. The lowest BCUT2D eigenvalue weighted by Crippen LogP contribution is -2.54.